The average Bonchev–Trinajstić information content (AvgIpc) is 2.01. The maximum atomic E-state index is 11.6. The predicted octanol–water partition coefficient (Wildman–Crippen LogP) is 1.06. The minimum Gasteiger partial charge on any atom is -0.389 e. The Kier molecular flexibility index (Phi) is 5.40. The molecular formula is C8H16F3NO2. The SMILES string of the molecule is CC(O)(CN)CCCOCC(F)(F)F. The van der Waals surface area contributed by atoms with Gasteiger partial charge in [-0.05, 0) is 19.8 Å². The summed E-state index contributed by atoms with van der Waals surface area (Å²) in [6.45, 7) is 0.371. The molecule has 0 saturated carbocycles. The first kappa shape index (κ1) is 13.7. The highest BCUT2D eigenvalue weighted by Crippen LogP contribution is 2.15. The van der Waals surface area contributed by atoms with Crippen molar-refractivity contribution < 1.29 is 23.0 Å². The molecule has 0 spiro atoms. The second-order valence-electron chi connectivity index (χ2n) is 3.47. The van der Waals surface area contributed by atoms with Gasteiger partial charge in [-0.2, -0.15) is 13.2 Å². The van der Waals surface area contributed by atoms with Gasteiger partial charge in [0.2, 0.25) is 0 Å². The Labute approximate surface area is 81.0 Å². The van der Waals surface area contributed by atoms with E-state index in [1.54, 1.807) is 0 Å². The third kappa shape index (κ3) is 8.28. The fraction of sp³-hybridized carbons (Fsp3) is 1.00. The quantitative estimate of drug-likeness (QED) is 0.651. The molecule has 0 aliphatic heterocycles. The van der Waals surface area contributed by atoms with Crippen molar-refractivity contribution in [2.24, 2.45) is 5.73 Å². The molecule has 0 aromatic carbocycles. The zero-order valence-corrected chi connectivity index (χ0v) is 8.10. The van der Waals surface area contributed by atoms with Gasteiger partial charge >= 0.3 is 6.18 Å². The van der Waals surface area contributed by atoms with Crippen LogP contribution in [0.5, 0.6) is 0 Å². The summed E-state index contributed by atoms with van der Waals surface area (Å²) in [6, 6.07) is 0. The first-order valence-electron chi connectivity index (χ1n) is 4.34. The van der Waals surface area contributed by atoms with Crippen LogP contribution in [-0.4, -0.2) is 36.6 Å². The van der Waals surface area contributed by atoms with E-state index in [4.69, 9.17) is 5.73 Å². The van der Waals surface area contributed by atoms with Crippen LogP contribution in [0.15, 0.2) is 0 Å². The maximum Gasteiger partial charge on any atom is 0.411 e. The van der Waals surface area contributed by atoms with Crippen molar-refractivity contribution in [2.45, 2.75) is 31.5 Å². The number of nitrogens with two attached hydrogens (primary N) is 1. The fourth-order valence-electron chi connectivity index (χ4n) is 0.845. The maximum absolute atomic E-state index is 11.6. The third-order valence-corrected chi connectivity index (χ3v) is 1.71. The summed E-state index contributed by atoms with van der Waals surface area (Å²) in [4.78, 5) is 0. The number of rotatable bonds is 6. The molecule has 3 nitrogen and oxygen atoms in total. The van der Waals surface area contributed by atoms with Crippen LogP contribution in [0.25, 0.3) is 0 Å². The van der Waals surface area contributed by atoms with Crippen molar-refractivity contribution in [1.29, 1.82) is 0 Å². The molecule has 6 heteroatoms. The van der Waals surface area contributed by atoms with E-state index in [-0.39, 0.29) is 13.2 Å². The first-order chi connectivity index (χ1) is 6.27. The second kappa shape index (κ2) is 5.53. The smallest absolute Gasteiger partial charge is 0.389 e. The van der Waals surface area contributed by atoms with E-state index in [9.17, 15) is 18.3 Å². The van der Waals surface area contributed by atoms with E-state index >= 15 is 0 Å². The van der Waals surface area contributed by atoms with Crippen molar-refractivity contribution in [3.8, 4) is 0 Å². The van der Waals surface area contributed by atoms with E-state index < -0.39 is 18.4 Å². The Morgan fingerprint density at radius 2 is 1.93 bits per heavy atom. The van der Waals surface area contributed by atoms with E-state index in [0.29, 0.717) is 12.8 Å². The number of ether oxygens (including phenoxy) is 1. The van der Waals surface area contributed by atoms with Gasteiger partial charge in [0.1, 0.15) is 6.61 Å². The van der Waals surface area contributed by atoms with Crippen molar-refractivity contribution in [1.82, 2.24) is 0 Å². The van der Waals surface area contributed by atoms with Gasteiger partial charge in [-0.15, -0.1) is 0 Å². The lowest BCUT2D eigenvalue weighted by Gasteiger charge is -2.20. The molecule has 86 valence electrons. The number of halogens is 3. The molecular weight excluding hydrogens is 199 g/mol. The van der Waals surface area contributed by atoms with Crippen LogP contribution in [0.3, 0.4) is 0 Å². The molecule has 0 heterocycles. The highest BCUT2D eigenvalue weighted by molar-refractivity contribution is 4.72. The molecule has 14 heavy (non-hydrogen) atoms. The molecule has 0 radical (unpaired) electrons. The molecule has 0 amide bonds. The summed E-state index contributed by atoms with van der Waals surface area (Å²) >= 11 is 0. The topological polar surface area (TPSA) is 55.5 Å². The van der Waals surface area contributed by atoms with Crippen molar-refractivity contribution >= 4 is 0 Å². The lowest BCUT2D eigenvalue weighted by molar-refractivity contribution is -0.174. The van der Waals surface area contributed by atoms with Gasteiger partial charge in [0, 0.05) is 13.2 Å². The Balaban J connectivity index is 3.39. The molecule has 0 saturated heterocycles. The fourth-order valence-corrected chi connectivity index (χ4v) is 0.845. The van der Waals surface area contributed by atoms with Gasteiger partial charge in [0.05, 0.1) is 5.60 Å². The summed E-state index contributed by atoms with van der Waals surface area (Å²) in [6.07, 6.45) is -3.59. The lowest BCUT2D eigenvalue weighted by Crippen LogP contribution is -2.34. The molecule has 0 rings (SSSR count). The number of alkyl halides is 3. The molecule has 0 aliphatic rings. The first-order valence-corrected chi connectivity index (χ1v) is 4.34. The van der Waals surface area contributed by atoms with Gasteiger partial charge in [-0.25, -0.2) is 0 Å². The number of aliphatic hydroxyl groups is 1. The Morgan fingerprint density at radius 1 is 1.36 bits per heavy atom. The van der Waals surface area contributed by atoms with Crippen molar-refractivity contribution in [2.75, 3.05) is 19.8 Å². The van der Waals surface area contributed by atoms with Gasteiger partial charge in [-0.1, -0.05) is 0 Å². The molecule has 0 aliphatic carbocycles. The highest BCUT2D eigenvalue weighted by Gasteiger charge is 2.27. The summed E-state index contributed by atoms with van der Waals surface area (Å²) in [5.74, 6) is 0. The van der Waals surface area contributed by atoms with Crippen LogP contribution >= 0.6 is 0 Å². The van der Waals surface area contributed by atoms with Crippen LogP contribution < -0.4 is 5.73 Å². The number of hydrogen-bond acceptors (Lipinski definition) is 3. The Bertz CT molecular complexity index is 159. The lowest BCUT2D eigenvalue weighted by atomic mass is 10.0. The van der Waals surface area contributed by atoms with E-state index in [1.807, 2.05) is 0 Å². The second-order valence-corrected chi connectivity index (χ2v) is 3.47. The van der Waals surface area contributed by atoms with E-state index in [1.165, 1.54) is 6.92 Å². The molecule has 1 atom stereocenters. The van der Waals surface area contributed by atoms with Crippen LogP contribution in [0.2, 0.25) is 0 Å². The largest absolute Gasteiger partial charge is 0.411 e. The van der Waals surface area contributed by atoms with Crippen LogP contribution in [0.1, 0.15) is 19.8 Å². The summed E-state index contributed by atoms with van der Waals surface area (Å²) in [5.41, 5.74) is 4.21. The summed E-state index contributed by atoms with van der Waals surface area (Å²) in [7, 11) is 0. The molecule has 0 fully saturated rings. The molecule has 1 unspecified atom stereocenters. The standard InChI is InChI=1S/C8H16F3NO2/c1-7(13,5-12)3-2-4-14-6-8(9,10)11/h13H,2-6,12H2,1H3. The monoisotopic (exact) mass is 215 g/mol. The molecule has 0 bridgehead atoms. The third-order valence-electron chi connectivity index (χ3n) is 1.71. The Hall–Kier alpha value is -0.330. The zero-order chi connectivity index (χ0) is 11.2. The van der Waals surface area contributed by atoms with Crippen LogP contribution in [0, 0.1) is 0 Å². The average molecular weight is 215 g/mol. The molecule has 3 N–H and O–H groups in total. The van der Waals surface area contributed by atoms with Gasteiger partial charge in [0.25, 0.3) is 0 Å². The summed E-state index contributed by atoms with van der Waals surface area (Å²) in [5, 5.41) is 9.38. The predicted molar refractivity (Wildman–Crippen MR) is 45.8 cm³/mol. The molecule has 0 aromatic rings. The van der Waals surface area contributed by atoms with Crippen LogP contribution in [-0.2, 0) is 4.74 Å². The Morgan fingerprint density at radius 3 is 2.36 bits per heavy atom. The zero-order valence-electron chi connectivity index (χ0n) is 8.10. The normalized spacial score (nSPS) is 16.7. The highest BCUT2D eigenvalue weighted by atomic mass is 19.4. The van der Waals surface area contributed by atoms with Gasteiger partial charge in [0.15, 0.2) is 0 Å². The van der Waals surface area contributed by atoms with E-state index in [2.05, 4.69) is 4.74 Å². The van der Waals surface area contributed by atoms with Gasteiger partial charge < -0.3 is 15.6 Å². The molecule has 0 aromatic heterocycles. The minimum atomic E-state index is -4.28. The van der Waals surface area contributed by atoms with E-state index in [0.717, 1.165) is 0 Å². The van der Waals surface area contributed by atoms with Gasteiger partial charge in [-0.3, -0.25) is 0 Å². The summed E-state index contributed by atoms with van der Waals surface area (Å²) < 4.78 is 39.1. The van der Waals surface area contributed by atoms with Crippen molar-refractivity contribution in [3.63, 3.8) is 0 Å². The van der Waals surface area contributed by atoms with Crippen molar-refractivity contribution in [3.05, 3.63) is 0 Å². The minimum absolute atomic E-state index is 0.0182. The van der Waals surface area contributed by atoms with Crippen LogP contribution in [0.4, 0.5) is 13.2 Å². The number of hydrogen-bond donors (Lipinski definition) is 2.